The van der Waals surface area contributed by atoms with Gasteiger partial charge in [-0.05, 0) is 93.0 Å². The SMILES string of the molecule is CC1(C)c2ccccc2-c2cc(-c3ccc4c(c3)c3ccc(-c5ccc(N(C(=N)c6ccccc6)C(=N)c6ccccc6)cc5)cc3n4-c3ccccc3)ccc21. The average Bonchev–Trinajstić information content (AvgIpc) is 3.71. The molecule has 0 bridgehead atoms. The highest BCUT2D eigenvalue weighted by Crippen LogP contribution is 2.49. The smallest absolute Gasteiger partial charge is 0.138 e. The van der Waals surface area contributed by atoms with E-state index in [2.05, 4.69) is 140 Å². The van der Waals surface area contributed by atoms with Gasteiger partial charge in [-0.2, -0.15) is 0 Å². The second-order valence-corrected chi connectivity index (χ2v) is 15.4. The van der Waals surface area contributed by atoms with E-state index in [0.29, 0.717) is 0 Å². The molecule has 1 aromatic heterocycles. The fourth-order valence-electron chi connectivity index (χ4n) is 8.76. The maximum atomic E-state index is 9.20. The van der Waals surface area contributed by atoms with Crippen molar-refractivity contribution >= 4 is 39.2 Å². The molecule has 0 amide bonds. The van der Waals surface area contributed by atoms with Crippen molar-refractivity contribution in [2.75, 3.05) is 4.90 Å². The molecular weight excluding hydrogens is 693 g/mol. The molecular formula is C53H40N4. The Bertz CT molecular complexity index is 2940. The topological polar surface area (TPSA) is 55.9 Å². The van der Waals surface area contributed by atoms with E-state index in [0.717, 1.165) is 44.7 Å². The lowest BCUT2D eigenvalue weighted by Crippen LogP contribution is -2.37. The van der Waals surface area contributed by atoms with Crippen molar-refractivity contribution in [3.8, 4) is 39.1 Å². The van der Waals surface area contributed by atoms with Crippen LogP contribution in [0.4, 0.5) is 5.69 Å². The van der Waals surface area contributed by atoms with Gasteiger partial charge in [0.1, 0.15) is 11.7 Å². The molecule has 4 heteroatoms. The van der Waals surface area contributed by atoms with Gasteiger partial charge in [-0.1, -0.05) is 159 Å². The molecule has 9 aromatic rings. The second-order valence-electron chi connectivity index (χ2n) is 15.4. The van der Waals surface area contributed by atoms with Gasteiger partial charge in [0.2, 0.25) is 0 Å². The third-order valence-electron chi connectivity index (χ3n) is 11.7. The molecule has 0 radical (unpaired) electrons. The van der Waals surface area contributed by atoms with E-state index >= 15 is 0 Å². The average molecular weight is 733 g/mol. The Labute approximate surface area is 333 Å². The fourth-order valence-corrected chi connectivity index (χ4v) is 8.76. The minimum absolute atomic E-state index is 0.0225. The number of amidine groups is 2. The molecule has 0 fully saturated rings. The Morgan fingerprint density at radius 2 is 0.965 bits per heavy atom. The van der Waals surface area contributed by atoms with E-state index in [4.69, 9.17) is 0 Å². The van der Waals surface area contributed by atoms with Gasteiger partial charge in [0.05, 0.1) is 11.0 Å². The van der Waals surface area contributed by atoms with Crippen molar-refractivity contribution in [2.45, 2.75) is 19.3 Å². The van der Waals surface area contributed by atoms with Gasteiger partial charge in [0.15, 0.2) is 0 Å². The van der Waals surface area contributed by atoms with Crippen molar-refractivity contribution in [3.05, 3.63) is 216 Å². The number of para-hydroxylation sites is 1. The Morgan fingerprint density at radius 3 is 1.65 bits per heavy atom. The lowest BCUT2D eigenvalue weighted by atomic mass is 9.82. The van der Waals surface area contributed by atoms with Crippen LogP contribution >= 0.6 is 0 Å². The molecule has 0 aliphatic heterocycles. The van der Waals surface area contributed by atoms with Gasteiger partial charge in [-0.3, -0.25) is 15.7 Å². The van der Waals surface area contributed by atoms with Gasteiger partial charge in [0.25, 0.3) is 0 Å². The third-order valence-corrected chi connectivity index (χ3v) is 11.7. The quantitative estimate of drug-likeness (QED) is 0.130. The summed E-state index contributed by atoms with van der Waals surface area (Å²) in [5.41, 5.74) is 15.6. The van der Waals surface area contributed by atoms with Crippen LogP contribution in [0.15, 0.2) is 194 Å². The molecule has 8 aromatic carbocycles. The summed E-state index contributed by atoms with van der Waals surface area (Å²) in [4.78, 5) is 1.71. The van der Waals surface area contributed by atoms with Crippen LogP contribution in [0, 0.1) is 10.8 Å². The molecule has 2 N–H and O–H groups in total. The maximum Gasteiger partial charge on any atom is 0.138 e. The first kappa shape index (κ1) is 34.2. The van der Waals surface area contributed by atoms with Crippen molar-refractivity contribution in [3.63, 3.8) is 0 Å². The largest absolute Gasteiger partial charge is 0.309 e. The van der Waals surface area contributed by atoms with Crippen molar-refractivity contribution in [2.24, 2.45) is 0 Å². The zero-order valence-corrected chi connectivity index (χ0v) is 31.9. The number of hydrogen-bond acceptors (Lipinski definition) is 2. The molecule has 4 nitrogen and oxygen atoms in total. The summed E-state index contributed by atoms with van der Waals surface area (Å²) in [7, 11) is 0. The van der Waals surface area contributed by atoms with Gasteiger partial charge < -0.3 is 4.57 Å². The molecule has 0 saturated heterocycles. The molecule has 0 unspecified atom stereocenters. The maximum absolute atomic E-state index is 9.20. The van der Waals surface area contributed by atoms with Crippen LogP contribution in [0.2, 0.25) is 0 Å². The number of benzene rings is 8. The lowest BCUT2D eigenvalue weighted by Gasteiger charge is -2.26. The van der Waals surface area contributed by atoms with Gasteiger partial charge in [-0.15, -0.1) is 0 Å². The van der Waals surface area contributed by atoms with Crippen molar-refractivity contribution in [1.29, 1.82) is 10.8 Å². The zero-order valence-electron chi connectivity index (χ0n) is 31.9. The summed E-state index contributed by atoms with van der Waals surface area (Å²) >= 11 is 0. The van der Waals surface area contributed by atoms with Crippen molar-refractivity contribution < 1.29 is 0 Å². The van der Waals surface area contributed by atoms with Gasteiger partial charge in [0, 0.05) is 38.7 Å². The summed E-state index contributed by atoms with van der Waals surface area (Å²) < 4.78 is 2.37. The molecule has 1 aliphatic rings. The number of hydrogen-bond donors (Lipinski definition) is 2. The molecule has 0 saturated carbocycles. The Hall–Kier alpha value is -7.30. The normalized spacial score (nSPS) is 12.7. The van der Waals surface area contributed by atoms with Crippen LogP contribution in [0.3, 0.4) is 0 Å². The zero-order chi connectivity index (χ0) is 38.7. The summed E-state index contributed by atoms with van der Waals surface area (Å²) in [5.74, 6) is 0.498. The minimum Gasteiger partial charge on any atom is -0.309 e. The van der Waals surface area contributed by atoms with Crippen LogP contribution in [-0.4, -0.2) is 16.2 Å². The molecule has 1 aliphatic carbocycles. The standard InChI is InChI=1S/C53H40N4/c1-53(2)47-21-13-12-20-43(47)45-32-38(25-30-48(45)53)39-26-31-49-46(33-39)44-29-24-40(34-50(44)56(49)41-18-10-5-11-19-41)35-22-27-42(28-23-35)57(51(54)36-14-6-3-7-15-36)52(55)37-16-8-4-9-17-37/h3-34,54-55H,1-2H3. The molecule has 1 heterocycles. The second kappa shape index (κ2) is 13.5. The van der Waals surface area contributed by atoms with Crippen LogP contribution < -0.4 is 4.90 Å². The fraction of sp³-hybridized carbons (Fsp3) is 0.0566. The van der Waals surface area contributed by atoms with E-state index in [9.17, 15) is 10.8 Å². The highest BCUT2D eigenvalue weighted by Gasteiger charge is 2.35. The Kier molecular flexibility index (Phi) is 8.08. The van der Waals surface area contributed by atoms with E-state index in [1.165, 1.54) is 44.2 Å². The summed E-state index contributed by atoms with van der Waals surface area (Å²) in [5, 5.41) is 20.8. The van der Waals surface area contributed by atoms with E-state index in [-0.39, 0.29) is 17.1 Å². The first-order valence-corrected chi connectivity index (χ1v) is 19.4. The predicted octanol–water partition coefficient (Wildman–Crippen LogP) is 13.3. The number of fused-ring (bicyclic) bond motifs is 6. The van der Waals surface area contributed by atoms with Gasteiger partial charge in [-0.25, -0.2) is 0 Å². The summed E-state index contributed by atoms with van der Waals surface area (Å²) in [6.45, 7) is 4.66. The van der Waals surface area contributed by atoms with Crippen molar-refractivity contribution in [1.82, 2.24) is 4.57 Å². The molecule has 57 heavy (non-hydrogen) atoms. The summed E-state index contributed by atoms with van der Waals surface area (Å²) in [6, 6.07) is 67.6. The first-order valence-electron chi connectivity index (χ1n) is 19.4. The van der Waals surface area contributed by atoms with E-state index < -0.39 is 0 Å². The number of anilines is 1. The predicted molar refractivity (Wildman–Crippen MR) is 238 cm³/mol. The van der Waals surface area contributed by atoms with Crippen LogP contribution in [0.25, 0.3) is 60.9 Å². The van der Waals surface area contributed by atoms with Crippen LogP contribution in [0.5, 0.6) is 0 Å². The first-order chi connectivity index (χ1) is 27.9. The Morgan fingerprint density at radius 1 is 0.439 bits per heavy atom. The minimum atomic E-state index is -0.0225. The molecule has 0 spiro atoms. The number of nitrogens with zero attached hydrogens (tertiary/aromatic N) is 2. The van der Waals surface area contributed by atoms with Crippen LogP contribution in [0.1, 0.15) is 36.1 Å². The van der Waals surface area contributed by atoms with Crippen LogP contribution in [-0.2, 0) is 5.41 Å². The number of aromatic nitrogens is 1. The highest BCUT2D eigenvalue weighted by molar-refractivity contribution is 6.27. The molecule has 10 rings (SSSR count). The van der Waals surface area contributed by atoms with E-state index in [1.54, 1.807) is 4.90 Å². The van der Waals surface area contributed by atoms with Gasteiger partial charge >= 0.3 is 0 Å². The summed E-state index contributed by atoms with van der Waals surface area (Å²) in [6.07, 6.45) is 0. The van der Waals surface area contributed by atoms with E-state index in [1.807, 2.05) is 72.8 Å². The third kappa shape index (κ3) is 5.68. The lowest BCUT2D eigenvalue weighted by molar-refractivity contribution is 0.660. The Balaban J connectivity index is 1.06. The number of rotatable bonds is 6. The molecule has 272 valence electrons. The monoisotopic (exact) mass is 732 g/mol. The molecule has 0 atom stereocenters. The highest BCUT2D eigenvalue weighted by atomic mass is 15.2. The number of nitrogens with one attached hydrogen (secondary N) is 2.